The van der Waals surface area contributed by atoms with Crippen LogP contribution in [0.2, 0.25) is 0 Å². The normalized spacial score (nSPS) is 14.2. The van der Waals surface area contributed by atoms with Crippen molar-refractivity contribution in [2.24, 2.45) is 5.92 Å². The summed E-state index contributed by atoms with van der Waals surface area (Å²) in [4.78, 5) is 0.146. The molecule has 2 N–H and O–H groups in total. The number of hydrogen-bond donors (Lipinski definition) is 2. The van der Waals surface area contributed by atoms with Crippen molar-refractivity contribution in [3.63, 3.8) is 0 Å². The Bertz CT molecular complexity index is 402. The van der Waals surface area contributed by atoms with Crippen LogP contribution in [-0.4, -0.2) is 30.5 Å². The van der Waals surface area contributed by atoms with Crippen LogP contribution in [0.1, 0.15) is 20.3 Å². The molecule has 16 heavy (non-hydrogen) atoms. The molecule has 5 nitrogen and oxygen atoms in total. The van der Waals surface area contributed by atoms with Crippen LogP contribution < -0.4 is 4.72 Å². The summed E-state index contributed by atoms with van der Waals surface area (Å²) in [7, 11) is -3.49. The first-order valence-corrected chi connectivity index (χ1v) is 7.06. The lowest BCUT2D eigenvalue weighted by Crippen LogP contribution is -2.38. The van der Waals surface area contributed by atoms with Gasteiger partial charge in [0.05, 0.1) is 6.20 Å². The molecular formula is C9H16ClN3O2S. The number of nitrogens with zero attached hydrogens (tertiary/aromatic N) is 1. The number of hydrogen-bond acceptors (Lipinski definition) is 3. The van der Waals surface area contributed by atoms with Crippen LogP contribution in [0.3, 0.4) is 0 Å². The number of aromatic nitrogens is 2. The predicted molar refractivity (Wildman–Crippen MR) is 62.9 cm³/mol. The molecule has 1 atom stereocenters. The van der Waals surface area contributed by atoms with Gasteiger partial charge in [0.2, 0.25) is 10.0 Å². The Hall–Kier alpha value is -0.590. The third kappa shape index (κ3) is 3.47. The molecule has 0 aromatic carbocycles. The molecule has 0 bridgehead atoms. The van der Waals surface area contributed by atoms with Crippen LogP contribution >= 0.6 is 11.6 Å². The summed E-state index contributed by atoms with van der Waals surface area (Å²) in [6.45, 7) is 3.91. The second-order valence-corrected chi connectivity index (χ2v) is 5.98. The summed E-state index contributed by atoms with van der Waals surface area (Å²) in [5.41, 5.74) is 0. The van der Waals surface area contributed by atoms with E-state index in [1.165, 1.54) is 12.4 Å². The number of H-pyrrole nitrogens is 1. The van der Waals surface area contributed by atoms with Crippen molar-refractivity contribution in [2.45, 2.75) is 31.2 Å². The molecule has 1 unspecified atom stereocenters. The van der Waals surface area contributed by atoms with E-state index in [4.69, 9.17) is 11.6 Å². The fourth-order valence-electron chi connectivity index (χ4n) is 1.30. The van der Waals surface area contributed by atoms with Gasteiger partial charge in [0.1, 0.15) is 4.90 Å². The number of rotatable bonds is 6. The quantitative estimate of drug-likeness (QED) is 0.763. The van der Waals surface area contributed by atoms with Crippen molar-refractivity contribution in [1.29, 1.82) is 0 Å². The summed E-state index contributed by atoms with van der Waals surface area (Å²) in [6.07, 6.45) is 3.23. The Morgan fingerprint density at radius 1 is 1.56 bits per heavy atom. The second kappa shape index (κ2) is 5.65. The highest BCUT2D eigenvalue weighted by Crippen LogP contribution is 2.12. The van der Waals surface area contributed by atoms with Crippen LogP contribution in [0, 0.1) is 5.92 Å². The minimum atomic E-state index is -3.49. The Morgan fingerprint density at radius 2 is 2.25 bits per heavy atom. The molecule has 0 saturated heterocycles. The molecular weight excluding hydrogens is 250 g/mol. The highest BCUT2D eigenvalue weighted by atomic mass is 35.5. The molecule has 1 heterocycles. The average Bonchev–Trinajstić information content (AvgIpc) is 2.69. The van der Waals surface area contributed by atoms with E-state index in [1.807, 2.05) is 13.8 Å². The van der Waals surface area contributed by atoms with Crippen LogP contribution in [0.15, 0.2) is 17.3 Å². The number of alkyl halides is 1. The van der Waals surface area contributed by atoms with Gasteiger partial charge in [0, 0.05) is 18.1 Å². The van der Waals surface area contributed by atoms with Crippen molar-refractivity contribution in [3.8, 4) is 0 Å². The van der Waals surface area contributed by atoms with Gasteiger partial charge in [0.25, 0.3) is 0 Å². The maximum atomic E-state index is 11.9. The van der Waals surface area contributed by atoms with E-state index in [1.54, 1.807) is 0 Å². The molecule has 0 spiro atoms. The molecule has 7 heteroatoms. The minimum Gasteiger partial charge on any atom is -0.284 e. The van der Waals surface area contributed by atoms with E-state index in [0.29, 0.717) is 12.3 Å². The molecule has 92 valence electrons. The van der Waals surface area contributed by atoms with Crippen LogP contribution in [0.25, 0.3) is 0 Å². The number of aromatic amines is 1. The SMILES string of the molecule is CC(C)C(CCCl)NS(=O)(=O)c1cn[nH]c1. The van der Waals surface area contributed by atoms with E-state index in [-0.39, 0.29) is 16.9 Å². The molecule has 1 aromatic rings. The van der Waals surface area contributed by atoms with Gasteiger partial charge in [-0.05, 0) is 12.3 Å². The minimum absolute atomic E-state index is 0.146. The van der Waals surface area contributed by atoms with E-state index in [0.717, 1.165) is 0 Å². The summed E-state index contributed by atoms with van der Waals surface area (Å²) in [5, 5.41) is 6.09. The van der Waals surface area contributed by atoms with Crippen molar-refractivity contribution in [1.82, 2.24) is 14.9 Å². The molecule has 1 rings (SSSR count). The van der Waals surface area contributed by atoms with Crippen LogP contribution in [-0.2, 0) is 10.0 Å². The van der Waals surface area contributed by atoms with Gasteiger partial charge in [0.15, 0.2) is 0 Å². The molecule has 0 aliphatic carbocycles. The molecule has 0 amide bonds. The molecule has 0 saturated carbocycles. The molecule has 0 aliphatic rings. The second-order valence-electron chi connectivity index (χ2n) is 3.88. The van der Waals surface area contributed by atoms with Gasteiger partial charge in [-0.3, -0.25) is 5.10 Å². The number of nitrogens with one attached hydrogen (secondary N) is 2. The monoisotopic (exact) mass is 265 g/mol. The van der Waals surface area contributed by atoms with Crippen molar-refractivity contribution < 1.29 is 8.42 Å². The molecule has 1 aromatic heterocycles. The summed E-state index contributed by atoms with van der Waals surface area (Å²) in [5.74, 6) is 0.622. The summed E-state index contributed by atoms with van der Waals surface area (Å²) < 4.78 is 26.4. The lowest BCUT2D eigenvalue weighted by atomic mass is 10.0. The number of sulfonamides is 1. The Morgan fingerprint density at radius 3 is 2.69 bits per heavy atom. The van der Waals surface area contributed by atoms with Crippen molar-refractivity contribution in [3.05, 3.63) is 12.4 Å². The highest BCUT2D eigenvalue weighted by Gasteiger charge is 2.22. The highest BCUT2D eigenvalue weighted by molar-refractivity contribution is 7.89. The van der Waals surface area contributed by atoms with Gasteiger partial charge in [-0.25, -0.2) is 13.1 Å². The Balaban J connectivity index is 2.78. The fourth-order valence-corrected chi connectivity index (χ4v) is 2.86. The number of halogens is 1. The summed E-state index contributed by atoms with van der Waals surface area (Å²) >= 11 is 5.64. The summed E-state index contributed by atoms with van der Waals surface area (Å²) in [6, 6.07) is -0.155. The maximum absolute atomic E-state index is 11.9. The molecule has 0 fully saturated rings. The van der Waals surface area contributed by atoms with Gasteiger partial charge in [-0.1, -0.05) is 13.8 Å². The first-order chi connectivity index (χ1) is 7.47. The standard InChI is InChI=1S/C9H16ClN3O2S/c1-7(2)9(3-4-10)13-16(14,15)8-5-11-12-6-8/h5-7,9,13H,3-4H2,1-2H3,(H,11,12). The largest absolute Gasteiger partial charge is 0.284 e. The zero-order chi connectivity index (χ0) is 12.2. The van der Waals surface area contributed by atoms with E-state index in [2.05, 4.69) is 14.9 Å². The lowest BCUT2D eigenvalue weighted by molar-refractivity contribution is 0.439. The predicted octanol–water partition coefficient (Wildman–Crippen LogP) is 1.34. The van der Waals surface area contributed by atoms with Gasteiger partial charge < -0.3 is 0 Å². The van der Waals surface area contributed by atoms with Gasteiger partial charge >= 0.3 is 0 Å². The fraction of sp³-hybridized carbons (Fsp3) is 0.667. The Kier molecular flexibility index (Phi) is 4.76. The smallest absolute Gasteiger partial charge is 0.243 e. The van der Waals surface area contributed by atoms with Crippen molar-refractivity contribution >= 4 is 21.6 Å². The third-order valence-corrected chi connectivity index (χ3v) is 3.99. The lowest BCUT2D eigenvalue weighted by Gasteiger charge is -2.20. The third-order valence-electron chi connectivity index (χ3n) is 2.31. The first kappa shape index (κ1) is 13.5. The zero-order valence-corrected chi connectivity index (χ0v) is 10.8. The van der Waals surface area contributed by atoms with Crippen LogP contribution in [0.4, 0.5) is 0 Å². The first-order valence-electron chi connectivity index (χ1n) is 5.04. The van der Waals surface area contributed by atoms with Gasteiger partial charge in [-0.2, -0.15) is 5.10 Å². The van der Waals surface area contributed by atoms with E-state index >= 15 is 0 Å². The topological polar surface area (TPSA) is 74.8 Å². The van der Waals surface area contributed by atoms with Crippen LogP contribution in [0.5, 0.6) is 0 Å². The van der Waals surface area contributed by atoms with Gasteiger partial charge in [-0.15, -0.1) is 11.6 Å². The van der Waals surface area contributed by atoms with E-state index in [9.17, 15) is 8.42 Å². The molecule has 0 aliphatic heterocycles. The van der Waals surface area contributed by atoms with E-state index < -0.39 is 10.0 Å². The Labute approximate surface area is 101 Å². The maximum Gasteiger partial charge on any atom is 0.243 e. The average molecular weight is 266 g/mol. The zero-order valence-electron chi connectivity index (χ0n) is 9.27. The molecule has 0 radical (unpaired) electrons. The van der Waals surface area contributed by atoms with Crippen molar-refractivity contribution in [2.75, 3.05) is 5.88 Å².